The lowest BCUT2D eigenvalue weighted by Crippen LogP contribution is -1.98. The van der Waals surface area contributed by atoms with Gasteiger partial charge in [0.1, 0.15) is 5.75 Å². The van der Waals surface area contributed by atoms with Crippen molar-refractivity contribution >= 4 is 5.97 Å². The summed E-state index contributed by atoms with van der Waals surface area (Å²) in [5, 5.41) is 8.55. The van der Waals surface area contributed by atoms with E-state index in [0.29, 0.717) is 6.42 Å². The maximum atomic E-state index is 10.4. The molecule has 0 saturated heterocycles. The van der Waals surface area contributed by atoms with E-state index in [2.05, 4.69) is 0 Å². The highest BCUT2D eigenvalue weighted by Crippen LogP contribution is 2.28. The van der Waals surface area contributed by atoms with Crippen molar-refractivity contribution in [1.29, 1.82) is 0 Å². The zero-order chi connectivity index (χ0) is 13.0. The maximum Gasteiger partial charge on any atom is 0.327 e. The Labute approximate surface area is 102 Å². The molecule has 92 valence electrons. The van der Waals surface area contributed by atoms with E-state index in [-0.39, 0.29) is 0 Å². The van der Waals surface area contributed by atoms with Crippen LogP contribution in [0.15, 0.2) is 18.2 Å². The van der Waals surface area contributed by atoms with Crippen molar-refractivity contribution in [3.8, 4) is 5.75 Å². The number of benzene rings is 1. The Balaban J connectivity index is 3.06. The summed E-state index contributed by atoms with van der Waals surface area (Å²) in [4.78, 5) is 10.4. The number of carboxylic acid groups (broad SMARTS) is 1. The molecule has 0 spiro atoms. The Hall–Kier alpha value is -1.77. The molecule has 0 aliphatic heterocycles. The lowest BCUT2D eigenvalue weighted by Gasteiger charge is -2.14. The predicted octanol–water partition coefficient (Wildman–Crippen LogP) is 2.80. The molecule has 1 rings (SSSR count). The Morgan fingerprint density at radius 2 is 2.00 bits per heavy atom. The van der Waals surface area contributed by atoms with E-state index in [1.54, 1.807) is 13.2 Å². The van der Waals surface area contributed by atoms with E-state index in [9.17, 15) is 4.79 Å². The molecule has 1 N–H and O–H groups in total. The van der Waals surface area contributed by atoms with Gasteiger partial charge in [-0.3, -0.25) is 0 Å². The van der Waals surface area contributed by atoms with Crippen LogP contribution in [-0.2, 0) is 11.2 Å². The van der Waals surface area contributed by atoms with Crippen LogP contribution in [0.25, 0.3) is 0 Å². The summed E-state index contributed by atoms with van der Waals surface area (Å²) in [6.07, 6.45) is 3.47. The number of hydrogen-bond donors (Lipinski definition) is 1. The van der Waals surface area contributed by atoms with Crippen molar-refractivity contribution < 1.29 is 14.6 Å². The maximum absolute atomic E-state index is 10.4. The zero-order valence-electron chi connectivity index (χ0n) is 10.7. The molecule has 0 aliphatic carbocycles. The molecule has 17 heavy (non-hydrogen) atoms. The van der Waals surface area contributed by atoms with Gasteiger partial charge in [0.25, 0.3) is 0 Å². The Bertz CT molecular complexity index is 459. The highest BCUT2D eigenvalue weighted by molar-refractivity contribution is 5.79. The van der Waals surface area contributed by atoms with Crippen LogP contribution in [0.5, 0.6) is 5.75 Å². The Morgan fingerprint density at radius 3 is 2.53 bits per heavy atom. The lowest BCUT2D eigenvalue weighted by atomic mass is 9.96. The van der Waals surface area contributed by atoms with E-state index in [4.69, 9.17) is 9.84 Å². The molecular weight excluding hydrogens is 216 g/mol. The Morgan fingerprint density at radius 1 is 1.35 bits per heavy atom. The van der Waals surface area contributed by atoms with Gasteiger partial charge in [-0.25, -0.2) is 4.79 Å². The highest BCUT2D eigenvalue weighted by Gasteiger charge is 2.09. The van der Waals surface area contributed by atoms with E-state index in [1.165, 1.54) is 6.08 Å². The molecule has 0 saturated carbocycles. The SMILES string of the molecule is COc1c(C)cc(C/C=C/C(=O)O)c(C)c1C. The summed E-state index contributed by atoms with van der Waals surface area (Å²) in [6, 6.07) is 2.05. The molecule has 0 atom stereocenters. The first-order valence-corrected chi connectivity index (χ1v) is 5.50. The number of methoxy groups -OCH3 is 1. The van der Waals surface area contributed by atoms with Gasteiger partial charge < -0.3 is 9.84 Å². The molecule has 1 aromatic carbocycles. The molecule has 3 heteroatoms. The second-order valence-electron chi connectivity index (χ2n) is 4.08. The van der Waals surface area contributed by atoms with Crippen LogP contribution < -0.4 is 4.74 Å². The smallest absolute Gasteiger partial charge is 0.327 e. The first kappa shape index (κ1) is 13.3. The fourth-order valence-corrected chi connectivity index (χ4v) is 1.95. The van der Waals surface area contributed by atoms with Crippen LogP contribution in [0.4, 0.5) is 0 Å². The monoisotopic (exact) mass is 234 g/mol. The van der Waals surface area contributed by atoms with Crippen LogP contribution in [0, 0.1) is 20.8 Å². The second kappa shape index (κ2) is 5.53. The normalized spacial score (nSPS) is 10.8. The molecule has 0 unspecified atom stereocenters. The fourth-order valence-electron chi connectivity index (χ4n) is 1.95. The van der Waals surface area contributed by atoms with Crippen LogP contribution in [-0.4, -0.2) is 18.2 Å². The standard InChI is InChI=1S/C14H18O3/c1-9-8-12(6-5-7-13(15)16)10(2)11(3)14(9)17-4/h5,7-8H,6H2,1-4H3,(H,15,16)/b7-5+. The number of allylic oxidation sites excluding steroid dienone is 1. The first-order valence-electron chi connectivity index (χ1n) is 5.50. The van der Waals surface area contributed by atoms with Crippen LogP contribution in [0.1, 0.15) is 22.3 Å². The van der Waals surface area contributed by atoms with Gasteiger partial charge in [-0.1, -0.05) is 12.1 Å². The van der Waals surface area contributed by atoms with Gasteiger partial charge in [0, 0.05) is 6.08 Å². The molecule has 1 aromatic rings. The number of ether oxygens (including phenoxy) is 1. The molecule has 0 bridgehead atoms. The lowest BCUT2D eigenvalue weighted by molar-refractivity contribution is -0.131. The topological polar surface area (TPSA) is 46.5 Å². The van der Waals surface area contributed by atoms with Crippen LogP contribution in [0.3, 0.4) is 0 Å². The van der Waals surface area contributed by atoms with E-state index in [0.717, 1.165) is 28.0 Å². The third-order valence-electron chi connectivity index (χ3n) is 2.94. The van der Waals surface area contributed by atoms with Gasteiger partial charge in [-0.05, 0) is 49.4 Å². The summed E-state index contributed by atoms with van der Waals surface area (Å²) in [7, 11) is 1.67. The summed E-state index contributed by atoms with van der Waals surface area (Å²) in [6.45, 7) is 6.04. The van der Waals surface area contributed by atoms with Gasteiger partial charge in [0.15, 0.2) is 0 Å². The van der Waals surface area contributed by atoms with Gasteiger partial charge in [-0.15, -0.1) is 0 Å². The van der Waals surface area contributed by atoms with Crippen molar-refractivity contribution in [1.82, 2.24) is 0 Å². The van der Waals surface area contributed by atoms with E-state index >= 15 is 0 Å². The van der Waals surface area contributed by atoms with Gasteiger partial charge >= 0.3 is 5.97 Å². The average molecular weight is 234 g/mol. The molecule has 0 aliphatic rings. The molecule has 3 nitrogen and oxygen atoms in total. The largest absolute Gasteiger partial charge is 0.496 e. The van der Waals surface area contributed by atoms with E-state index in [1.807, 2.05) is 26.8 Å². The minimum absolute atomic E-state index is 0.629. The number of rotatable bonds is 4. The van der Waals surface area contributed by atoms with Crippen LogP contribution in [0.2, 0.25) is 0 Å². The third kappa shape index (κ3) is 3.09. The molecule has 0 fully saturated rings. The minimum Gasteiger partial charge on any atom is -0.496 e. The van der Waals surface area contributed by atoms with E-state index < -0.39 is 5.97 Å². The molecule has 0 radical (unpaired) electrons. The summed E-state index contributed by atoms with van der Waals surface area (Å²) >= 11 is 0. The van der Waals surface area contributed by atoms with Crippen molar-refractivity contribution in [2.45, 2.75) is 27.2 Å². The average Bonchev–Trinajstić information content (AvgIpc) is 2.25. The van der Waals surface area contributed by atoms with Gasteiger partial charge in [0.05, 0.1) is 7.11 Å². The second-order valence-corrected chi connectivity index (χ2v) is 4.08. The number of carboxylic acids is 1. The van der Waals surface area contributed by atoms with Gasteiger partial charge in [0.2, 0.25) is 0 Å². The van der Waals surface area contributed by atoms with Gasteiger partial charge in [-0.2, -0.15) is 0 Å². The van der Waals surface area contributed by atoms with Crippen molar-refractivity contribution in [3.63, 3.8) is 0 Å². The fraction of sp³-hybridized carbons (Fsp3) is 0.357. The zero-order valence-corrected chi connectivity index (χ0v) is 10.7. The first-order chi connectivity index (χ1) is 7.97. The Kier molecular flexibility index (Phi) is 4.32. The highest BCUT2D eigenvalue weighted by atomic mass is 16.5. The summed E-state index contributed by atoms with van der Waals surface area (Å²) in [5.41, 5.74) is 4.49. The summed E-state index contributed by atoms with van der Waals surface area (Å²) in [5.74, 6) is -0.00178. The number of aryl methyl sites for hydroxylation is 1. The molecule has 0 amide bonds. The molecule has 0 heterocycles. The number of hydrogen-bond acceptors (Lipinski definition) is 2. The van der Waals surface area contributed by atoms with Crippen LogP contribution >= 0.6 is 0 Å². The van der Waals surface area contributed by atoms with Crippen molar-refractivity contribution in [2.24, 2.45) is 0 Å². The quantitative estimate of drug-likeness (QED) is 0.815. The molecule has 0 aromatic heterocycles. The van der Waals surface area contributed by atoms with Crippen molar-refractivity contribution in [2.75, 3.05) is 7.11 Å². The predicted molar refractivity (Wildman–Crippen MR) is 67.7 cm³/mol. The summed E-state index contributed by atoms with van der Waals surface area (Å²) < 4.78 is 5.34. The molecular formula is C14H18O3. The third-order valence-corrected chi connectivity index (χ3v) is 2.94. The minimum atomic E-state index is -0.912. The number of carbonyl (C=O) groups is 1. The number of aliphatic carboxylic acids is 1. The van der Waals surface area contributed by atoms with Crippen molar-refractivity contribution in [3.05, 3.63) is 40.5 Å².